The van der Waals surface area contributed by atoms with E-state index >= 15 is 0 Å². The van der Waals surface area contributed by atoms with Crippen molar-refractivity contribution in [2.24, 2.45) is 0 Å². The van der Waals surface area contributed by atoms with E-state index in [1.165, 1.54) is 39.8 Å². The number of hydrogen-bond donors (Lipinski definition) is 2. The zero-order chi connectivity index (χ0) is 18.8. The molecule has 3 rings (SSSR count). The first-order valence-electron chi connectivity index (χ1n) is 7.60. The highest BCUT2D eigenvalue weighted by Gasteiger charge is 2.54. The number of amides is 2. The van der Waals surface area contributed by atoms with Crippen molar-refractivity contribution in [3.05, 3.63) is 16.3 Å². The second kappa shape index (κ2) is 8.15. The first-order chi connectivity index (χ1) is 12.4. The molecule has 0 saturated carbocycles. The Kier molecular flexibility index (Phi) is 6.10. The Hall–Kier alpha value is -1.30. The molecule has 3 heterocycles. The Morgan fingerprint density at radius 2 is 2.23 bits per heavy atom. The van der Waals surface area contributed by atoms with E-state index in [2.05, 4.69) is 15.5 Å². The third kappa shape index (κ3) is 3.85. The highest BCUT2D eigenvalue weighted by molar-refractivity contribution is 8.01. The molecule has 26 heavy (non-hydrogen) atoms. The van der Waals surface area contributed by atoms with E-state index in [0.29, 0.717) is 17.1 Å². The fourth-order valence-corrected chi connectivity index (χ4v) is 6.08. The predicted molar refractivity (Wildman–Crippen MR) is 100 cm³/mol. The molecule has 8 nitrogen and oxygen atoms in total. The summed E-state index contributed by atoms with van der Waals surface area (Å²) < 4.78 is 0.757. The Morgan fingerprint density at radius 3 is 2.85 bits per heavy atom. The minimum absolute atomic E-state index is 0.00956. The van der Waals surface area contributed by atoms with Crippen LogP contribution in [0.2, 0.25) is 0 Å². The number of alkyl halides is 1. The van der Waals surface area contributed by atoms with Gasteiger partial charge in [-0.3, -0.25) is 14.5 Å². The summed E-state index contributed by atoms with van der Waals surface area (Å²) in [5.74, 6) is -0.797. The fraction of sp³-hybridized carbons (Fsp3) is 0.500. The van der Waals surface area contributed by atoms with Gasteiger partial charge in [0.2, 0.25) is 5.91 Å². The second-order valence-corrected chi connectivity index (χ2v) is 9.41. The van der Waals surface area contributed by atoms with Gasteiger partial charge in [-0.1, -0.05) is 23.1 Å². The summed E-state index contributed by atoms with van der Waals surface area (Å²) in [6, 6.07) is -0.704. The van der Waals surface area contributed by atoms with Crippen molar-refractivity contribution in [2.45, 2.75) is 29.1 Å². The molecule has 2 atom stereocenters. The Balaban J connectivity index is 1.73. The molecule has 2 N–H and O–H groups in total. The number of hydrogen-bond acceptors (Lipinski definition) is 8. The summed E-state index contributed by atoms with van der Waals surface area (Å²) in [5, 5.41) is 20.6. The van der Waals surface area contributed by atoms with Crippen LogP contribution >= 0.6 is 46.5 Å². The van der Waals surface area contributed by atoms with Crippen LogP contribution in [0, 0.1) is 6.92 Å². The number of aromatic nitrogens is 2. The van der Waals surface area contributed by atoms with Crippen molar-refractivity contribution >= 4 is 64.2 Å². The zero-order valence-electron chi connectivity index (χ0n) is 13.6. The fourth-order valence-electron chi connectivity index (χ4n) is 2.61. The van der Waals surface area contributed by atoms with Gasteiger partial charge in [0, 0.05) is 23.8 Å². The largest absolute Gasteiger partial charge is 0.477 e. The minimum atomic E-state index is -1.14. The third-order valence-electron chi connectivity index (χ3n) is 3.77. The smallest absolute Gasteiger partial charge is 0.352 e. The van der Waals surface area contributed by atoms with Crippen molar-refractivity contribution < 1.29 is 19.5 Å². The van der Waals surface area contributed by atoms with Crippen molar-refractivity contribution in [1.29, 1.82) is 0 Å². The van der Waals surface area contributed by atoms with Crippen LogP contribution in [0.5, 0.6) is 0 Å². The summed E-state index contributed by atoms with van der Waals surface area (Å²) in [6.45, 7) is 1.85. The molecule has 1 unspecified atom stereocenters. The van der Waals surface area contributed by atoms with Gasteiger partial charge in [0.1, 0.15) is 22.1 Å². The van der Waals surface area contributed by atoms with Gasteiger partial charge in [0.15, 0.2) is 4.34 Å². The van der Waals surface area contributed by atoms with Crippen LogP contribution in [0.1, 0.15) is 11.4 Å². The van der Waals surface area contributed by atoms with Gasteiger partial charge in [0.25, 0.3) is 5.91 Å². The summed E-state index contributed by atoms with van der Waals surface area (Å²) >= 11 is 9.81. The first kappa shape index (κ1) is 19.5. The maximum Gasteiger partial charge on any atom is 0.352 e. The molecule has 0 aromatic carbocycles. The van der Waals surface area contributed by atoms with Crippen LogP contribution in [0.3, 0.4) is 0 Å². The van der Waals surface area contributed by atoms with Crippen molar-refractivity contribution in [1.82, 2.24) is 20.4 Å². The standard InChI is InChI=1S/C14H15ClN4O4S3/c1-6-17-18-14(26-6)25-5-7-4-24-12-9(16-8(20)2-3-15)11(21)19(12)10(7)13(22)23/h9,12H,2-5H2,1H3,(H,16,20)(H,22,23)/t9?,12-/m1/s1. The average Bonchev–Trinajstić information content (AvgIpc) is 3.02. The van der Waals surface area contributed by atoms with E-state index in [1.807, 2.05) is 6.92 Å². The maximum atomic E-state index is 12.4. The van der Waals surface area contributed by atoms with Crippen LogP contribution in [0.25, 0.3) is 0 Å². The summed E-state index contributed by atoms with van der Waals surface area (Å²) in [7, 11) is 0. The first-order valence-corrected chi connectivity index (χ1v) is 11.0. The van der Waals surface area contributed by atoms with Crippen LogP contribution in [-0.2, 0) is 14.4 Å². The van der Waals surface area contributed by atoms with Gasteiger partial charge in [-0.25, -0.2) is 4.79 Å². The maximum absolute atomic E-state index is 12.4. The number of carbonyl (C=O) groups is 3. The number of thioether (sulfide) groups is 2. The number of rotatable bonds is 7. The van der Waals surface area contributed by atoms with Crippen LogP contribution < -0.4 is 5.32 Å². The van der Waals surface area contributed by atoms with Crippen LogP contribution in [-0.4, -0.2) is 66.8 Å². The summed E-state index contributed by atoms with van der Waals surface area (Å²) in [5.41, 5.74) is 0.672. The molecule has 2 aliphatic rings. The predicted octanol–water partition coefficient (Wildman–Crippen LogP) is 1.31. The average molecular weight is 435 g/mol. The SMILES string of the molecule is Cc1nnc(SCC2=C(C(=O)O)N3C(=O)C(NC(=O)CCCl)[C@H]3SC2)s1. The zero-order valence-corrected chi connectivity index (χ0v) is 16.8. The highest BCUT2D eigenvalue weighted by Crippen LogP contribution is 2.41. The van der Waals surface area contributed by atoms with E-state index in [-0.39, 0.29) is 23.9 Å². The van der Waals surface area contributed by atoms with Gasteiger partial charge in [-0.15, -0.1) is 33.6 Å². The number of β-lactam (4-membered cyclic amide) rings is 1. The molecule has 2 amide bonds. The number of aryl methyl sites for hydroxylation is 1. The number of fused-ring (bicyclic) bond motifs is 1. The normalized spacial score (nSPS) is 22.1. The number of nitrogens with zero attached hydrogens (tertiary/aromatic N) is 3. The Morgan fingerprint density at radius 1 is 1.46 bits per heavy atom. The Labute approximate surface area is 166 Å². The number of aliphatic carboxylic acids is 1. The molecule has 1 aromatic heterocycles. The van der Waals surface area contributed by atoms with Gasteiger partial charge in [0.05, 0.1) is 0 Å². The summed E-state index contributed by atoms with van der Waals surface area (Å²) in [6.07, 6.45) is 0.119. The molecule has 0 bridgehead atoms. The number of carbonyl (C=O) groups excluding carboxylic acids is 2. The number of carboxylic acid groups (broad SMARTS) is 1. The van der Waals surface area contributed by atoms with Crippen molar-refractivity contribution in [2.75, 3.05) is 17.4 Å². The lowest BCUT2D eigenvalue weighted by Crippen LogP contribution is -2.70. The Bertz CT molecular complexity index is 784. The third-order valence-corrected chi connectivity index (χ3v) is 7.35. The molecular weight excluding hydrogens is 420 g/mol. The topological polar surface area (TPSA) is 112 Å². The molecule has 140 valence electrons. The second-order valence-electron chi connectivity index (χ2n) is 5.53. The lowest BCUT2D eigenvalue weighted by molar-refractivity contribution is -0.150. The molecule has 1 saturated heterocycles. The molecule has 2 aliphatic heterocycles. The molecule has 0 spiro atoms. The van der Waals surface area contributed by atoms with Gasteiger partial charge < -0.3 is 10.4 Å². The van der Waals surface area contributed by atoms with Gasteiger partial charge in [-0.05, 0) is 12.5 Å². The van der Waals surface area contributed by atoms with Crippen molar-refractivity contribution in [3.8, 4) is 0 Å². The molecular formula is C14H15ClN4O4S3. The number of carboxylic acids is 1. The molecule has 1 fully saturated rings. The van der Waals surface area contributed by atoms with E-state index < -0.39 is 23.3 Å². The van der Waals surface area contributed by atoms with E-state index in [1.54, 1.807) is 0 Å². The lowest BCUT2D eigenvalue weighted by Gasteiger charge is -2.49. The molecule has 0 aliphatic carbocycles. The van der Waals surface area contributed by atoms with E-state index in [4.69, 9.17) is 11.6 Å². The quantitative estimate of drug-likeness (QED) is 0.375. The van der Waals surface area contributed by atoms with E-state index in [0.717, 1.165) is 9.35 Å². The molecule has 0 radical (unpaired) electrons. The lowest BCUT2D eigenvalue weighted by atomic mass is 10.0. The van der Waals surface area contributed by atoms with Crippen LogP contribution in [0.15, 0.2) is 15.6 Å². The van der Waals surface area contributed by atoms with Gasteiger partial charge >= 0.3 is 5.97 Å². The number of nitrogens with one attached hydrogen (secondary N) is 1. The van der Waals surface area contributed by atoms with Crippen molar-refractivity contribution in [3.63, 3.8) is 0 Å². The van der Waals surface area contributed by atoms with Gasteiger partial charge in [-0.2, -0.15) is 0 Å². The number of halogens is 1. The highest BCUT2D eigenvalue weighted by atomic mass is 35.5. The van der Waals surface area contributed by atoms with E-state index in [9.17, 15) is 19.5 Å². The molecule has 12 heteroatoms. The monoisotopic (exact) mass is 434 g/mol. The summed E-state index contributed by atoms with van der Waals surface area (Å²) in [4.78, 5) is 37.1. The minimum Gasteiger partial charge on any atom is -0.477 e. The molecule has 1 aromatic rings. The van der Waals surface area contributed by atoms with Crippen LogP contribution in [0.4, 0.5) is 0 Å².